The molecule has 0 bridgehead atoms. The standard InChI is InChI=1S/C12H16FN/c1-10-5-4-8-14(10)9-11-6-2-3-7-12(11)13/h2-3,6-7,10H,4-5,8-9H2,1H3/t10-/m1/s1. The maximum atomic E-state index is 13.3. The first-order valence-electron chi connectivity index (χ1n) is 5.25. The predicted molar refractivity (Wildman–Crippen MR) is 55.5 cm³/mol. The average molecular weight is 193 g/mol. The van der Waals surface area contributed by atoms with E-state index in [4.69, 9.17) is 0 Å². The molecule has 0 spiro atoms. The van der Waals surface area contributed by atoms with Crippen LogP contribution in [0, 0.1) is 5.82 Å². The van der Waals surface area contributed by atoms with Gasteiger partial charge < -0.3 is 0 Å². The van der Waals surface area contributed by atoms with E-state index in [1.807, 2.05) is 12.1 Å². The topological polar surface area (TPSA) is 3.24 Å². The van der Waals surface area contributed by atoms with Crippen molar-refractivity contribution in [1.82, 2.24) is 4.90 Å². The molecule has 1 aliphatic rings. The number of likely N-dealkylation sites (tertiary alicyclic amines) is 1. The van der Waals surface area contributed by atoms with Crippen molar-refractivity contribution in [1.29, 1.82) is 0 Å². The van der Waals surface area contributed by atoms with Crippen LogP contribution < -0.4 is 0 Å². The molecule has 0 aromatic heterocycles. The molecule has 1 aromatic carbocycles. The minimum Gasteiger partial charge on any atom is -0.296 e. The van der Waals surface area contributed by atoms with Crippen molar-refractivity contribution in [2.75, 3.05) is 6.54 Å². The van der Waals surface area contributed by atoms with Gasteiger partial charge in [-0.25, -0.2) is 4.39 Å². The van der Waals surface area contributed by atoms with Crippen LogP contribution in [-0.4, -0.2) is 17.5 Å². The van der Waals surface area contributed by atoms with Gasteiger partial charge in [-0.15, -0.1) is 0 Å². The molecule has 0 unspecified atom stereocenters. The first-order valence-corrected chi connectivity index (χ1v) is 5.25. The van der Waals surface area contributed by atoms with Crippen LogP contribution in [-0.2, 0) is 6.54 Å². The largest absolute Gasteiger partial charge is 0.296 e. The lowest BCUT2D eigenvalue weighted by molar-refractivity contribution is 0.256. The second kappa shape index (κ2) is 4.09. The number of halogens is 1. The third-order valence-electron chi connectivity index (χ3n) is 3.02. The smallest absolute Gasteiger partial charge is 0.127 e. The number of nitrogens with zero attached hydrogens (tertiary/aromatic N) is 1. The number of hydrogen-bond donors (Lipinski definition) is 0. The predicted octanol–water partition coefficient (Wildman–Crippen LogP) is 2.81. The number of benzene rings is 1. The fraction of sp³-hybridized carbons (Fsp3) is 0.500. The Morgan fingerprint density at radius 1 is 1.43 bits per heavy atom. The Bertz CT molecular complexity index is 311. The summed E-state index contributed by atoms with van der Waals surface area (Å²) >= 11 is 0. The molecule has 1 saturated heterocycles. The summed E-state index contributed by atoms with van der Waals surface area (Å²) in [4.78, 5) is 2.35. The molecule has 2 rings (SSSR count). The van der Waals surface area contributed by atoms with Crippen LogP contribution in [0.5, 0.6) is 0 Å². The van der Waals surface area contributed by atoms with Gasteiger partial charge in [-0.05, 0) is 32.4 Å². The molecule has 0 radical (unpaired) electrons. The molecule has 1 fully saturated rings. The Kier molecular flexibility index (Phi) is 2.82. The van der Waals surface area contributed by atoms with Gasteiger partial charge >= 0.3 is 0 Å². The summed E-state index contributed by atoms with van der Waals surface area (Å²) in [6, 6.07) is 7.66. The second-order valence-electron chi connectivity index (χ2n) is 4.05. The van der Waals surface area contributed by atoms with E-state index in [0.717, 1.165) is 18.7 Å². The van der Waals surface area contributed by atoms with Crippen LogP contribution in [0.2, 0.25) is 0 Å². The molecule has 0 amide bonds. The summed E-state index contributed by atoms with van der Waals surface area (Å²) < 4.78 is 13.3. The van der Waals surface area contributed by atoms with Gasteiger partial charge in [0.15, 0.2) is 0 Å². The first-order chi connectivity index (χ1) is 6.77. The highest BCUT2D eigenvalue weighted by Crippen LogP contribution is 2.20. The monoisotopic (exact) mass is 193 g/mol. The fourth-order valence-corrected chi connectivity index (χ4v) is 2.07. The molecule has 2 heteroatoms. The van der Waals surface area contributed by atoms with Gasteiger partial charge in [0.1, 0.15) is 5.82 Å². The van der Waals surface area contributed by atoms with Crippen LogP contribution in [0.3, 0.4) is 0 Å². The summed E-state index contributed by atoms with van der Waals surface area (Å²) in [5.74, 6) is -0.0772. The molecule has 1 heterocycles. The summed E-state index contributed by atoms with van der Waals surface area (Å²) in [6.07, 6.45) is 2.49. The first kappa shape index (κ1) is 9.66. The summed E-state index contributed by atoms with van der Waals surface area (Å²) in [7, 11) is 0. The molecule has 0 N–H and O–H groups in total. The van der Waals surface area contributed by atoms with E-state index in [9.17, 15) is 4.39 Å². The van der Waals surface area contributed by atoms with Crippen molar-refractivity contribution in [3.05, 3.63) is 35.6 Å². The molecule has 1 aromatic rings. The zero-order valence-electron chi connectivity index (χ0n) is 8.54. The van der Waals surface area contributed by atoms with E-state index in [0.29, 0.717) is 6.04 Å². The van der Waals surface area contributed by atoms with Crippen molar-refractivity contribution < 1.29 is 4.39 Å². The van der Waals surface area contributed by atoms with E-state index >= 15 is 0 Å². The third-order valence-corrected chi connectivity index (χ3v) is 3.02. The Morgan fingerprint density at radius 2 is 2.21 bits per heavy atom. The van der Waals surface area contributed by atoms with E-state index in [1.165, 1.54) is 18.9 Å². The lowest BCUT2D eigenvalue weighted by Gasteiger charge is -2.20. The summed E-state index contributed by atoms with van der Waals surface area (Å²) in [6.45, 7) is 4.08. The van der Waals surface area contributed by atoms with Crippen LogP contribution in [0.25, 0.3) is 0 Å². The molecular formula is C12H16FN. The van der Waals surface area contributed by atoms with Gasteiger partial charge in [-0.1, -0.05) is 18.2 Å². The maximum Gasteiger partial charge on any atom is 0.127 e. The van der Waals surface area contributed by atoms with Gasteiger partial charge in [0.05, 0.1) is 0 Å². The quantitative estimate of drug-likeness (QED) is 0.698. The highest BCUT2D eigenvalue weighted by atomic mass is 19.1. The van der Waals surface area contributed by atoms with Gasteiger partial charge in [0.2, 0.25) is 0 Å². The van der Waals surface area contributed by atoms with Crippen molar-refractivity contribution in [3.63, 3.8) is 0 Å². The van der Waals surface area contributed by atoms with Gasteiger partial charge in [-0.3, -0.25) is 4.90 Å². The van der Waals surface area contributed by atoms with Crippen molar-refractivity contribution in [3.8, 4) is 0 Å². The normalized spacial score (nSPS) is 22.9. The fourth-order valence-electron chi connectivity index (χ4n) is 2.07. The van der Waals surface area contributed by atoms with E-state index in [2.05, 4.69) is 11.8 Å². The summed E-state index contributed by atoms with van der Waals surface area (Å²) in [5, 5.41) is 0. The lowest BCUT2D eigenvalue weighted by Crippen LogP contribution is -2.26. The second-order valence-corrected chi connectivity index (χ2v) is 4.05. The summed E-state index contributed by atoms with van der Waals surface area (Å²) in [5.41, 5.74) is 0.821. The van der Waals surface area contributed by atoms with Crippen molar-refractivity contribution in [2.24, 2.45) is 0 Å². The number of hydrogen-bond acceptors (Lipinski definition) is 1. The maximum absolute atomic E-state index is 13.3. The van der Waals surface area contributed by atoms with Crippen LogP contribution >= 0.6 is 0 Å². The zero-order valence-corrected chi connectivity index (χ0v) is 8.54. The Balaban J connectivity index is 2.07. The molecule has 0 saturated carbocycles. The van der Waals surface area contributed by atoms with Crippen molar-refractivity contribution >= 4 is 0 Å². The van der Waals surface area contributed by atoms with Crippen LogP contribution in [0.4, 0.5) is 4.39 Å². The molecule has 1 aliphatic heterocycles. The van der Waals surface area contributed by atoms with Gasteiger partial charge in [-0.2, -0.15) is 0 Å². The molecule has 0 aliphatic carbocycles. The minimum absolute atomic E-state index is 0.0772. The van der Waals surface area contributed by atoms with E-state index in [-0.39, 0.29) is 5.82 Å². The molecule has 1 nitrogen and oxygen atoms in total. The molecule has 14 heavy (non-hydrogen) atoms. The number of rotatable bonds is 2. The van der Waals surface area contributed by atoms with E-state index < -0.39 is 0 Å². The Hall–Kier alpha value is -0.890. The van der Waals surface area contributed by atoms with Crippen LogP contribution in [0.15, 0.2) is 24.3 Å². The Labute approximate surface area is 84.5 Å². The average Bonchev–Trinajstić information content (AvgIpc) is 2.56. The lowest BCUT2D eigenvalue weighted by atomic mass is 10.2. The zero-order chi connectivity index (χ0) is 9.97. The Morgan fingerprint density at radius 3 is 2.86 bits per heavy atom. The third kappa shape index (κ3) is 1.95. The SMILES string of the molecule is C[C@@H]1CCCN1Cc1ccccc1F. The minimum atomic E-state index is -0.0772. The van der Waals surface area contributed by atoms with E-state index in [1.54, 1.807) is 6.07 Å². The van der Waals surface area contributed by atoms with Gasteiger partial charge in [0, 0.05) is 18.2 Å². The van der Waals surface area contributed by atoms with Gasteiger partial charge in [0.25, 0.3) is 0 Å². The van der Waals surface area contributed by atoms with Crippen LogP contribution in [0.1, 0.15) is 25.3 Å². The molecule has 76 valence electrons. The molecule has 1 atom stereocenters. The molecular weight excluding hydrogens is 177 g/mol. The van der Waals surface area contributed by atoms with Crippen molar-refractivity contribution in [2.45, 2.75) is 32.4 Å². The highest BCUT2D eigenvalue weighted by Gasteiger charge is 2.20. The highest BCUT2D eigenvalue weighted by molar-refractivity contribution is 5.17.